The number of hydrogen-bond donors (Lipinski definition) is 0. The van der Waals surface area contributed by atoms with Crippen LogP contribution in [0.15, 0.2) is 24.3 Å². The van der Waals surface area contributed by atoms with Crippen LogP contribution in [0, 0.1) is 24.1 Å². The van der Waals surface area contributed by atoms with E-state index in [2.05, 4.69) is 9.88 Å². The fraction of sp³-hybridized carbons (Fsp3) is 0.500. The van der Waals surface area contributed by atoms with Crippen molar-refractivity contribution in [1.29, 1.82) is 0 Å². The quantitative estimate of drug-likeness (QED) is 0.786. The van der Waals surface area contributed by atoms with Crippen molar-refractivity contribution in [3.05, 3.63) is 35.8 Å². The highest BCUT2D eigenvalue weighted by Gasteiger charge is 2.40. The zero-order valence-electron chi connectivity index (χ0n) is 15.3. The summed E-state index contributed by atoms with van der Waals surface area (Å²) in [5, 5.41) is 0.821. The summed E-state index contributed by atoms with van der Waals surface area (Å²) < 4.78 is 18.8. The lowest BCUT2D eigenvalue weighted by molar-refractivity contribution is -0.154. The summed E-state index contributed by atoms with van der Waals surface area (Å²) >= 11 is 0. The normalized spacial score (nSPS) is 18.4. The Morgan fingerprint density at radius 3 is 2.84 bits per heavy atom. The molecule has 1 aromatic carbocycles. The molecule has 0 spiro atoms. The number of anilines is 1. The number of benzene rings is 1. The summed E-state index contributed by atoms with van der Waals surface area (Å²) in [6, 6.07) is 6.72. The Kier molecular flexibility index (Phi) is 4.67. The Morgan fingerprint density at radius 1 is 1.36 bits per heavy atom. The Labute approximate surface area is 148 Å². The summed E-state index contributed by atoms with van der Waals surface area (Å²) in [5.74, 6) is -0.255. The molecule has 1 fully saturated rings. The molecule has 0 amide bonds. The molecule has 0 aliphatic carbocycles. The Hall–Kier alpha value is -2.17. The van der Waals surface area contributed by atoms with Crippen molar-refractivity contribution in [1.82, 2.24) is 4.98 Å². The molecule has 0 N–H and O–H groups in total. The van der Waals surface area contributed by atoms with Gasteiger partial charge in [0.25, 0.3) is 0 Å². The minimum Gasteiger partial charge on any atom is -0.469 e. The predicted octanol–water partition coefficient (Wildman–Crippen LogP) is 4.10. The van der Waals surface area contributed by atoms with E-state index in [1.165, 1.54) is 13.2 Å². The molecule has 1 atom stereocenters. The van der Waals surface area contributed by atoms with Crippen molar-refractivity contribution < 1.29 is 13.9 Å². The van der Waals surface area contributed by atoms with Crippen LogP contribution in [0.3, 0.4) is 0 Å². The van der Waals surface area contributed by atoms with Crippen LogP contribution in [-0.2, 0) is 9.53 Å². The van der Waals surface area contributed by atoms with E-state index in [9.17, 15) is 9.18 Å². The number of ether oxygens (including phenoxy) is 1. The van der Waals surface area contributed by atoms with Crippen LogP contribution in [-0.4, -0.2) is 31.2 Å². The maximum absolute atomic E-state index is 13.8. The summed E-state index contributed by atoms with van der Waals surface area (Å²) in [7, 11) is 1.44. The molecular formula is C20H25FN2O2. The summed E-state index contributed by atoms with van der Waals surface area (Å²) in [5.41, 5.74) is 2.15. The molecular weight excluding hydrogens is 319 g/mol. The monoisotopic (exact) mass is 344 g/mol. The molecule has 2 aromatic rings. The van der Waals surface area contributed by atoms with Gasteiger partial charge in [0.1, 0.15) is 5.82 Å². The Bertz CT molecular complexity index is 804. The van der Waals surface area contributed by atoms with Gasteiger partial charge in [0.2, 0.25) is 0 Å². The molecule has 1 aliphatic rings. The van der Waals surface area contributed by atoms with Gasteiger partial charge in [-0.2, -0.15) is 0 Å². The van der Waals surface area contributed by atoms with E-state index in [0.717, 1.165) is 48.2 Å². The standard InChI is InChI=1S/C20H25FN2O2/c1-13-10-18(16-11-15(21)7-8-17(16)22-13)23-9-5-6-14(12-23)20(2,3)19(24)25-4/h7-8,10-11,14H,5-6,9,12H2,1-4H3. The smallest absolute Gasteiger partial charge is 0.311 e. The fourth-order valence-corrected chi connectivity index (χ4v) is 3.79. The average Bonchev–Trinajstić information content (AvgIpc) is 2.60. The zero-order valence-corrected chi connectivity index (χ0v) is 15.3. The molecule has 1 unspecified atom stereocenters. The number of pyridine rings is 1. The van der Waals surface area contributed by atoms with Crippen molar-refractivity contribution >= 4 is 22.6 Å². The maximum Gasteiger partial charge on any atom is 0.311 e. The fourth-order valence-electron chi connectivity index (χ4n) is 3.79. The molecule has 3 rings (SSSR count). The second kappa shape index (κ2) is 6.62. The van der Waals surface area contributed by atoms with E-state index >= 15 is 0 Å². The Balaban J connectivity index is 1.98. The minimum atomic E-state index is -0.545. The molecule has 25 heavy (non-hydrogen) atoms. The minimum absolute atomic E-state index is 0.179. The Morgan fingerprint density at radius 2 is 2.12 bits per heavy atom. The third-order valence-corrected chi connectivity index (χ3v) is 5.37. The first-order chi connectivity index (χ1) is 11.8. The molecule has 5 heteroatoms. The van der Waals surface area contributed by atoms with Crippen LogP contribution in [0.1, 0.15) is 32.4 Å². The van der Waals surface area contributed by atoms with Gasteiger partial charge in [-0.05, 0) is 63.8 Å². The second-order valence-electron chi connectivity index (χ2n) is 7.44. The summed E-state index contributed by atoms with van der Waals surface area (Å²) in [6.45, 7) is 7.48. The van der Waals surface area contributed by atoms with Gasteiger partial charge in [0.05, 0.1) is 18.0 Å². The van der Waals surface area contributed by atoms with Crippen LogP contribution in [0.5, 0.6) is 0 Å². The lowest BCUT2D eigenvalue weighted by atomic mass is 9.74. The number of carbonyl (C=O) groups is 1. The molecule has 134 valence electrons. The molecule has 0 radical (unpaired) electrons. The van der Waals surface area contributed by atoms with Crippen LogP contribution in [0.4, 0.5) is 10.1 Å². The number of aryl methyl sites for hydroxylation is 1. The van der Waals surface area contributed by atoms with Crippen LogP contribution >= 0.6 is 0 Å². The number of esters is 1. The number of rotatable bonds is 3. The van der Waals surface area contributed by atoms with Gasteiger partial charge < -0.3 is 9.64 Å². The lowest BCUT2D eigenvalue weighted by Gasteiger charge is -2.41. The van der Waals surface area contributed by atoms with Crippen molar-refractivity contribution in [3.63, 3.8) is 0 Å². The van der Waals surface area contributed by atoms with E-state index < -0.39 is 5.41 Å². The summed E-state index contributed by atoms with van der Waals surface area (Å²) in [4.78, 5) is 19.0. The highest BCUT2D eigenvalue weighted by Crippen LogP contribution is 2.38. The number of piperidine rings is 1. The van der Waals surface area contributed by atoms with Crippen molar-refractivity contribution in [3.8, 4) is 0 Å². The lowest BCUT2D eigenvalue weighted by Crippen LogP contribution is -2.45. The van der Waals surface area contributed by atoms with Gasteiger partial charge in [0.15, 0.2) is 0 Å². The maximum atomic E-state index is 13.8. The number of methoxy groups -OCH3 is 1. The van der Waals surface area contributed by atoms with Gasteiger partial charge >= 0.3 is 5.97 Å². The van der Waals surface area contributed by atoms with Crippen LogP contribution in [0.2, 0.25) is 0 Å². The first-order valence-electron chi connectivity index (χ1n) is 8.73. The van der Waals surface area contributed by atoms with Crippen molar-refractivity contribution in [2.75, 3.05) is 25.1 Å². The number of hydrogen-bond acceptors (Lipinski definition) is 4. The van der Waals surface area contributed by atoms with Gasteiger partial charge in [0, 0.05) is 29.9 Å². The molecule has 0 bridgehead atoms. The number of halogens is 1. The topological polar surface area (TPSA) is 42.4 Å². The summed E-state index contributed by atoms with van der Waals surface area (Å²) in [6.07, 6.45) is 1.97. The molecule has 1 saturated heterocycles. The molecule has 4 nitrogen and oxygen atoms in total. The van der Waals surface area contributed by atoms with E-state index in [-0.39, 0.29) is 17.7 Å². The number of carbonyl (C=O) groups excluding carboxylic acids is 1. The van der Waals surface area contributed by atoms with Gasteiger partial charge in [-0.25, -0.2) is 4.39 Å². The molecule has 1 aromatic heterocycles. The van der Waals surface area contributed by atoms with Gasteiger partial charge in [-0.1, -0.05) is 0 Å². The largest absolute Gasteiger partial charge is 0.469 e. The first kappa shape index (κ1) is 17.6. The van der Waals surface area contributed by atoms with E-state index in [4.69, 9.17) is 4.74 Å². The van der Waals surface area contributed by atoms with E-state index in [1.807, 2.05) is 26.8 Å². The highest BCUT2D eigenvalue weighted by atomic mass is 19.1. The van der Waals surface area contributed by atoms with E-state index in [0.29, 0.717) is 0 Å². The third kappa shape index (κ3) is 3.32. The number of fused-ring (bicyclic) bond motifs is 1. The first-order valence-corrected chi connectivity index (χ1v) is 8.73. The SMILES string of the molecule is COC(=O)C(C)(C)C1CCCN(c2cc(C)nc3ccc(F)cc23)C1. The molecule has 0 saturated carbocycles. The van der Waals surface area contributed by atoms with Crippen LogP contribution < -0.4 is 4.90 Å². The number of nitrogens with zero attached hydrogens (tertiary/aromatic N) is 2. The number of aromatic nitrogens is 1. The van der Waals surface area contributed by atoms with Gasteiger partial charge in [-0.15, -0.1) is 0 Å². The molecule has 2 heterocycles. The van der Waals surface area contributed by atoms with Crippen LogP contribution in [0.25, 0.3) is 10.9 Å². The zero-order chi connectivity index (χ0) is 18.2. The highest BCUT2D eigenvalue weighted by molar-refractivity contribution is 5.92. The second-order valence-corrected chi connectivity index (χ2v) is 7.44. The van der Waals surface area contributed by atoms with Crippen molar-refractivity contribution in [2.24, 2.45) is 11.3 Å². The predicted molar refractivity (Wildman–Crippen MR) is 97.2 cm³/mol. The third-order valence-electron chi connectivity index (χ3n) is 5.37. The van der Waals surface area contributed by atoms with E-state index in [1.54, 1.807) is 12.1 Å². The average molecular weight is 344 g/mol. The van der Waals surface area contributed by atoms with Gasteiger partial charge in [-0.3, -0.25) is 9.78 Å². The molecule has 1 aliphatic heterocycles. The van der Waals surface area contributed by atoms with Crippen molar-refractivity contribution in [2.45, 2.75) is 33.6 Å².